The van der Waals surface area contributed by atoms with Crippen molar-refractivity contribution >= 4 is 22.2 Å². The summed E-state index contributed by atoms with van der Waals surface area (Å²) in [6.45, 7) is 9.77. The summed E-state index contributed by atoms with van der Waals surface area (Å²) < 4.78 is 2.18. The van der Waals surface area contributed by atoms with E-state index in [1.54, 1.807) is 11.3 Å². The van der Waals surface area contributed by atoms with Gasteiger partial charge < -0.3 is 4.90 Å². The van der Waals surface area contributed by atoms with Crippen LogP contribution in [0.3, 0.4) is 0 Å². The van der Waals surface area contributed by atoms with E-state index in [0.29, 0.717) is 19.5 Å². The van der Waals surface area contributed by atoms with Crippen molar-refractivity contribution < 1.29 is 4.79 Å². The van der Waals surface area contributed by atoms with Crippen LogP contribution < -0.4 is 0 Å². The average molecular weight is 446 g/mol. The van der Waals surface area contributed by atoms with Gasteiger partial charge in [0.1, 0.15) is 0 Å². The van der Waals surface area contributed by atoms with Gasteiger partial charge in [0.25, 0.3) is 0 Å². The van der Waals surface area contributed by atoms with Crippen molar-refractivity contribution in [1.82, 2.24) is 14.3 Å². The average Bonchev–Trinajstić information content (AvgIpc) is 3.32. The second kappa shape index (κ2) is 9.29. The number of aryl methyl sites for hydroxylation is 1. The van der Waals surface area contributed by atoms with Gasteiger partial charge in [-0.05, 0) is 17.9 Å². The number of carbonyl (C=O) groups is 1. The van der Waals surface area contributed by atoms with E-state index in [4.69, 9.17) is 4.98 Å². The molecule has 5 heteroatoms. The van der Waals surface area contributed by atoms with Crippen LogP contribution in [0.4, 0.5) is 0 Å². The van der Waals surface area contributed by atoms with Crippen LogP contribution in [0.25, 0.3) is 16.2 Å². The van der Waals surface area contributed by atoms with E-state index in [1.807, 2.05) is 23.1 Å². The largest absolute Gasteiger partial charge is 0.338 e. The number of carbonyl (C=O) groups excluding carboxylic acids is 1. The number of rotatable bonds is 7. The molecule has 0 aliphatic rings. The lowest BCUT2D eigenvalue weighted by atomic mass is 9.91. The van der Waals surface area contributed by atoms with Gasteiger partial charge in [0.15, 0.2) is 4.96 Å². The third-order valence-electron chi connectivity index (χ3n) is 5.52. The molecule has 0 saturated carbocycles. The van der Waals surface area contributed by atoms with Crippen molar-refractivity contribution in [3.05, 3.63) is 83.0 Å². The van der Waals surface area contributed by atoms with Gasteiger partial charge in [-0.1, -0.05) is 80.9 Å². The lowest BCUT2D eigenvalue weighted by Crippen LogP contribution is -2.35. The van der Waals surface area contributed by atoms with Gasteiger partial charge in [0, 0.05) is 48.8 Å². The fraction of sp³-hybridized carbons (Fsp3) is 0.333. The van der Waals surface area contributed by atoms with Crippen LogP contribution in [0.1, 0.15) is 44.0 Å². The highest BCUT2D eigenvalue weighted by molar-refractivity contribution is 7.15. The standard InChI is InChI=1S/C27H31N3OS/c1-20-10-12-22(13-11-20)24-18-30-23(19-32-26(30)28-24)14-15-29(25(31)16-27(2,3)4)17-21-8-6-5-7-9-21/h5-13,18-19H,14-17H2,1-4H3. The van der Waals surface area contributed by atoms with Crippen molar-refractivity contribution in [2.24, 2.45) is 5.41 Å². The summed E-state index contributed by atoms with van der Waals surface area (Å²) in [6.07, 6.45) is 3.46. The van der Waals surface area contributed by atoms with Crippen molar-refractivity contribution in [3.8, 4) is 11.3 Å². The molecular formula is C27H31N3OS. The first-order valence-electron chi connectivity index (χ1n) is 11.1. The summed E-state index contributed by atoms with van der Waals surface area (Å²) >= 11 is 1.66. The normalized spacial score (nSPS) is 11.8. The molecule has 2 heterocycles. The number of imidazole rings is 1. The first kappa shape index (κ1) is 22.3. The van der Waals surface area contributed by atoms with E-state index in [1.165, 1.54) is 11.3 Å². The number of hydrogen-bond donors (Lipinski definition) is 0. The summed E-state index contributed by atoms with van der Waals surface area (Å²) in [7, 11) is 0. The molecule has 0 aliphatic carbocycles. The SMILES string of the molecule is Cc1ccc(-c2cn3c(CCN(Cc4ccccc4)C(=O)CC(C)(C)C)csc3n2)cc1. The molecule has 1 amide bonds. The minimum absolute atomic E-state index is 0.0328. The molecule has 4 nitrogen and oxygen atoms in total. The zero-order valence-electron chi connectivity index (χ0n) is 19.3. The van der Waals surface area contributed by atoms with Crippen molar-refractivity contribution in [2.45, 2.75) is 47.1 Å². The smallest absolute Gasteiger partial charge is 0.223 e. The second-order valence-electron chi connectivity index (χ2n) is 9.66. The van der Waals surface area contributed by atoms with Crippen LogP contribution in [0.5, 0.6) is 0 Å². The second-order valence-corrected chi connectivity index (χ2v) is 10.5. The van der Waals surface area contributed by atoms with Gasteiger partial charge in [-0.3, -0.25) is 9.20 Å². The van der Waals surface area contributed by atoms with Crippen LogP contribution in [0.2, 0.25) is 0 Å². The van der Waals surface area contributed by atoms with E-state index in [2.05, 4.69) is 80.1 Å². The third-order valence-corrected chi connectivity index (χ3v) is 6.41. The summed E-state index contributed by atoms with van der Waals surface area (Å²) in [5.41, 5.74) is 5.68. The highest BCUT2D eigenvalue weighted by Crippen LogP contribution is 2.25. The molecule has 32 heavy (non-hydrogen) atoms. The van der Waals surface area contributed by atoms with Gasteiger partial charge in [-0.15, -0.1) is 11.3 Å². The van der Waals surface area contributed by atoms with Gasteiger partial charge in [0.2, 0.25) is 5.91 Å². The Kier molecular flexibility index (Phi) is 6.47. The Hall–Kier alpha value is -2.92. The quantitative estimate of drug-likeness (QED) is 0.331. The molecule has 0 fully saturated rings. The molecule has 0 bridgehead atoms. The van der Waals surface area contributed by atoms with E-state index >= 15 is 0 Å². The minimum atomic E-state index is -0.0328. The van der Waals surface area contributed by atoms with Crippen LogP contribution in [0.15, 0.2) is 66.2 Å². The molecular weight excluding hydrogens is 414 g/mol. The number of fused-ring (bicyclic) bond motifs is 1. The zero-order valence-corrected chi connectivity index (χ0v) is 20.2. The fourth-order valence-electron chi connectivity index (χ4n) is 3.78. The molecule has 2 aromatic carbocycles. The highest BCUT2D eigenvalue weighted by Gasteiger charge is 2.22. The van der Waals surface area contributed by atoms with E-state index in [9.17, 15) is 4.79 Å². The molecule has 4 aromatic rings. The molecule has 0 atom stereocenters. The first-order valence-corrected chi connectivity index (χ1v) is 12.0. The maximum atomic E-state index is 13.1. The predicted molar refractivity (Wildman–Crippen MR) is 133 cm³/mol. The van der Waals surface area contributed by atoms with E-state index in [-0.39, 0.29) is 11.3 Å². The third kappa shape index (κ3) is 5.46. The number of hydrogen-bond acceptors (Lipinski definition) is 3. The summed E-state index contributed by atoms with van der Waals surface area (Å²) in [5, 5.41) is 2.16. The number of thiazole rings is 1. The number of nitrogens with zero attached hydrogens (tertiary/aromatic N) is 3. The Balaban J connectivity index is 1.52. The van der Waals surface area contributed by atoms with Crippen LogP contribution in [0, 0.1) is 12.3 Å². The lowest BCUT2D eigenvalue weighted by Gasteiger charge is -2.27. The van der Waals surface area contributed by atoms with Crippen molar-refractivity contribution in [3.63, 3.8) is 0 Å². The van der Waals surface area contributed by atoms with Gasteiger partial charge >= 0.3 is 0 Å². The summed E-state index contributed by atoms with van der Waals surface area (Å²) in [6, 6.07) is 18.7. The molecule has 2 aromatic heterocycles. The predicted octanol–water partition coefficient (Wildman–Crippen LogP) is 6.38. The Morgan fingerprint density at radius 3 is 2.47 bits per heavy atom. The Bertz CT molecular complexity index is 1180. The maximum absolute atomic E-state index is 13.1. The number of aromatic nitrogens is 2. The number of amides is 1. The maximum Gasteiger partial charge on any atom is 0.223 e. The lowest BCUT2D eigenvalue weighted by molar-refractivity contribution is -0.133. The van der Waals surface area contributed by atoms with Crippen LogP contribution >= 0.6 is 11.3 Å². The molecule has 0 aliphatic heterocycles. The summed E-state index contributed by atoms with van der Waals surface area (Å²) in [4.78, 5) is 20.9. The first-order chi connectivity index (χ1) is 15.3. The number of benzene rings is 2. The van der Waals surface area contributed by atoms with Crippen LogP contribution in [-0.4, -0.2) is 26.7 Å². The Morgan fingerprint density at radius 1 is 1.06 bits per heavy atom. The van der Waals surface area contributed by atoms with E-state index in [0.717, 1.165) is 28.2 Å². The molecule has 0 saturated heterocycles. The van der Waals surface area contributed by atoms with Gasteiger partial charge in [-0.25, -0.2) is 4.98 Å². The van der Waals surface area contributed by atoms with Gasteiger partial charge in [-0.2, -0.15) is 0 Å². The minimum Gasteiger partial charge on any atom is -0.338 e. The molecule has 0 N–H and O–H groups in total. The Labute approximate surface area is 194 Å². The molecule has 0 spiro atoms. The molecule has 4 rings (SSSR count). The molecule has 0 radical (unpaired) electrons. The van der Waals surface area contributed by atoms with Crippen LogP contribution in [-0.2, 0) is 17.8 Å². The van der Waals surface area contributed by atoms with Crippen molar-refractivity contribution in [2.75, 3.05) is 6.54 Å². The topological polar surface area (TPSA) is 37.6 Å². The zero-order chi connectivity index (χ0) is 22.7. The summed E-state index contributed by atoms with van der Waals surface area (Å²) in [5.74, 6) is 0.207. The monoisotopic (exact) mass is 445 g/mol. The highest BCUT2D eigenvalue weighted by atomic mass is 32.1. The fourth-order valence-corrected chi connectivity index (χ4v) is 4.69. The molecule has 166 valence electrons. The Morgan fingerprint density at radius 2 is 1.78 bits per heavy atom. The van der Waals surface area contributed by atoms with Gasteiger partial charge in [0.05, 0.1) is 5.69 Å². The molecule has 0 unspecified atom stereocenters. The van der Waals surface area contributed by atoms with Crippen molar-refractivity contribution in [1.29, 1.82) is 0 Å². The van der Waals surface area contributed by atoms with E-state index < -0.39 is 0 Å².